The Kier molecular flexibility index (Phi) is 22.5. The molecule has 0 spiro atoms. The van der Waals surface area contributed by atoms with Crippen molar-refractivity contribution in [1.82, 2.24) is 0 Å². The summed E-state index contributed by atoms with van der Waals surface area (Å²) < 4.78 is 79.9. The van der Waals surface area contributed by atoms with E-state index in [0.717, 1.165) is 0 Å². The molecule has 14 bridgehead atoms. The first kappa shape index (κ1) is 64.5. The van der Waals surface area contributed by atoms with Crippen LogP contribution in [0.5, 0.6) is 0 Å². The molecule has 21 aliphatic rings. The van der Waals surface area contributed by atoms with Gasteiger partial charge in [0.25, 0.3) is 0 Å². The van der Waals surface area contributed by atoms with Crippen molar-refractivity contribution in [3.8, 4) is 0 Å². The fourth-order valence-corrected chi connectivity index (χ4v) is 10.5. The van der Waals surface area contributed by atoms with Crippen LogP contribution in [0, 0.1) is 0 Å². The zero-order valence-electron chi connectivity index (χ0n) is 40.8. The molecule has 36 heteroatoms. The lowest BCUT2D eigenvalue weighted by Gasteiger charge is -2.50. The Morgan fingerprint density at radius 1 is 0.205 bits per heavy atom. The number of ether oxygens (including phenoxy) is 14. The van der Waals surface area contributed by atoms with Gasteiger partial charge in [-0.25, -0.2) is 0 Å². The molecule has 35 atom stereocenters. The van der Waals surface area contributed by atoms with E-state index >= 15 is 0 Å². The van der Waals surface area contributed by atoms with Crippen LogP contribution in [0.4, 0.5) is 0 Å². The Morgan fingerprint density at radius 3 is 0.462 bits per heavy atom. The molecule has 0 saturated carbocycles. The van der Waals surface area contributed by atoms with Crippen molar-refractivity contribution in [2.45, 2.75) is 215 Å². The van der Waals surface area contributed by atoms with E-state index in [0.29, 0.717) is 0 Å². The van der Waals surface area contributed by atoms with Gasteiger partial charge in [-0.2, -0.15) is 0 Å². The van der Waals surface area contributed by atoms with Gasteiger partial charge in [-0.05, 0) is 0 Å². The molecule has 0 aliphatic carbocycles. The third kappa shape index (κ3) is 12.5. The van der Waals surface area contributed by atoms with E-state index < -0.39 is 261 Å². The van der Waals surface area contributed by atoms with Crippen molar-refractivity contribution in [2.24, 2.45) is 5.73 Å². The highest BCUT2D eigenvalue weighted by Gasteiger charge is 2.59. The number of aliphatic hydroxyl groups excluding tert-OH is 20. The number of halogens is 1. The second-order valence-electron chi connectivity index (χ2n) is 19.7. The molecule has 0 aromatic carbocycles. The molecule has 21 rings (SSSR count). The predicted octanol–water partition coefficient (Wildman–Crippen LogP) is -14.8. The second kappa shape index (κ2) is 27.3. The molecule has 22 N–H and O–H groups in total. The van der Waals surface area contributed by atoms with E-state index in [9.17, 15) is 102 Å². The van der Waals surface area contributed by atoms with Gasteiger partial charge in [0.2, 0.25) is 0 Å². The zero-order chi connectivity index (χ0) is 56.1. The van der Waals surface area contributed by atoms with E-state index in [4.69, 9.17) is 72.0 Å². The van der Waals surface area contributed by atoms with Gasteiger partial charge in [0.15, 0.2) is 44.0 Å². The maximum Gasteiger partial charge on any atom is 0.187 e. The Labute approximate surface area is 447 Å². The van der Waals surface area contributed by atoms with E-state index in [1.807, 2.05) is 0 Å². The average molecular weight is 1170 g/mol. The number of aliphatic hydroxyl groups is 20. The number of nitrogens with two attached hydrogens (primary N) is 1. The smallest absolute Gasteiger partial charge is 0.187 e. The number of hydrogen-bond donors (Lipinski definition) is 21. The summed E-state index contributed by atoms with van der Waals surface area (Å²) in [7, 11) is 0. The maximum atomic E-state index is 11.4. The molecular formula is C42H72ClNO34. The van der Waals surface area contributed by atoms with Crippen molar-refractivity contribution >= 4 is 12.4 Å². The Hall–Kier alpha value is -1.11. The molecule has 0 aromatic rings. The van der Waals surface area contributed by atoms with Crippen molar-refractivity contribution < 1.29 is 168 Å². The lowest BCUT2D eigenvalue weighted by atomic mass is 9.95. The summed E-state index contributed by atoms with van der Waals surface area (Å²) in [6, 6.07) is 0. The molecule has 21 fully saturated rings. The number of rotatable bonds is 7. The average Bonchev–Trinajstić information content (AvgIpc) is 3.42. The third-order valence-corrected chi connectivity index (χ3v) is 14.8. The van der Waals surface area contributed by atoms with Gasteiger partial charge in [0, 0.05) is 6.54 Å². The molecule has 78 heavy (non-hydrogen) atoms. The van der Waals surface area contributed by atoms with Crippen molar-refractivity contribution in [1.29, 1.82) is 0 Å². The van der Waals surface area contributed by atoms with E-state index in [2.05, 4.69) is 0 Å². The normalized spacial score (nSPS) is 54.7. The second-order valence-corrected chi connectivity index (χ2v) is 19.7. The predicted molar refractivity (Wildman–Crippen MR) is 238 cm³/mol. The minimum atomic E-state index is -2.20. The van der Waals surface area contributed by atoms with Crippen LogP contribution < -0.4 is 5.73 Å². The Morgan fingerprint density at radius 2 is 0.333 bits per heavy atom. The van der Waals surface area contributed by atoms with Crippen LogP contribution in [0.3, 0.4) is 0 Å². The molecule has 35 nitrogen and oxygen atoms in total. The minimum absolute atomic E-state index is 0. The molecule has 0 radical (unpaired) electrons. The van der Waals surface area contributed by atoms with Crippen LogP contribution in [-0.2, 0) is 66.3 Å². The SMILES string of the molecule is Cl.NC[C@H]1O[C@@H]2O[C@H]3[C@H](O)[C@@H](O)[C@@H](O[C@H]4[C@H](O)[C@@H](O)[C@@H](O[C@H]5[C@H](O)[C@@H](O)[C@@H](O[C@H]6[C@H](O)[C@@H](O)[C@@H](O[C@H]7[C@H](O)[C@@H](O)[C@@H](O[C@H]8[C@H](O)[C@@H](O)[C@@H](O[C@H]1[C@H](O)[C@H]2O)O[C@@H]8CO)O[C@@H]7CO)O[C@@H]6CO)O[C@@H]5CO)O[C@@H]4CO)O[C@@H]3CO. The van der Waals surface area contributed by atoms with E-state index in [-0.39, 0.29) is 12.4 Å². The summed E-state index contributed by atoms with van der Waals surface area (Å²) in [5.74, 6) is 0. The number of hydrogen-bond acceptors (Lipinski definition) is 35. The van der Waals surface area contributed by atoms with Crippen LogP contribution >= 0.6 is 12.4 Å². The largest absolute Gasteiger partial charge is 0.394 e. The van der Waals surface area contributed by atoms with Crippen LogP contribution in [0.25, 0.3) is 0 Å². The summed E-state index contributed by atoms with van der Waals surface area (Å²) in [6.45, 7) is -6.75. The van der Waals surface area contributed by atoms with Crippen LogP contribution in [0.1, 0.15) is 0 Å². The molecular weight excluding hydrogens is 1100 g/mol. The Bertz CT molecular complexity index is 1480. The molecule has 0 aromatic heterocycles. The van der Waals surface area contributed by atoms with Crippen molar-refractivity contribution in [3.63, 3.8) is 0 Å². The minimum Gasteiger partial charge on any atom is -0.394 e. The first-order valence-corrected chi connectivity index (χ1v) is 24.7. The monoisotopic (exact) mass is 1170 g/mol. The van der Waals surface area contributed by atoms with Crippen molar-refractivity contribution in [2.75, 3.05) is 46.2 Å². The fourth-order valence-electron chi connectivity index (χ4n) is 10.5. The maximum absolute atomic E-state index is 11.4. The van der Waals surface area contributed by atoms with Gasteiger partial charge in [-0.1, -0.05) is 0 Å². The topological polar surface area (TPSA) is 560 Å². The van der Waals surface area contributed by atoms with Gasteiger partial charge in [-0.3, -0.25) is 0 Å². The van der Waals surface area contributed by atoms with Crippen LogP contribution in [-0.4, -0.2) is 363 Å². The summed E-state index contributed by atoms with van der Waals surface area (Å²) in [5.41, 5.74) is 5.94. The molecule has 21 heterocycles. The first-order chi connectivity index (χ1) is 36.7. The molecule has 0 amide bonds. The van der Waals surface area contributed by atoms with Gasteiger partial charge in [0.05, 0.1) is 39.6 Å². The summed E-state index contributed by atoms with van der Waals surface area (Å²) in [6.07, 6.45) is -69.2. The standard InChI is InChI=1S/C42H71NO34.ClH/c43-1-8-29-15(50)22(57)36(64-8)72-30-9(2-44)66-38(24(59)17(30)52)74-32-11(4-46)68-40(26(61)19(32)54)76-34-13(6-48)70-42(28(63)21(34)56)77-35-14(7-49)69-41(27(62)20(35)55)75-33-12(5-47)67-39(25(60)18(33)53)73-31-10(3-45)65-37(71-29)23(58)16(31)51;/h8-42,44-63H,1-7,43H2;1H/t8-,9-,10-,11-,12-,13-,14-,15-,16-,17-,18-,19-,20-,21-,22-,23-,24-,25-,26-,27-,28-,29-,30-,31-,32-,33-,34-,35-,36-,37-,38-,39-,40-,41-,42-;/m1./s1. The van der Waals surface area contributed by atoms with Crippen LogP contribution in [0.15, 0.2) is 0 Å². The summed E-state index contributed by atoms with van der Waals surface area (Å²) >= 11 is 0. The first-order valence-electron chi connectivity index (χ1n) is 24.7. The quantitative estimate of drug-likeness (QED) is 0.113. The molecule has 21 saturated heterocycles. The fraction of sp³-hybridized carbons (Fsp3) is 1.00. The molecule has 0 unspecified atom stereocenters. The van der Waals surface area contributed by atoms with Gasteiger partial charge < -0.3 is 174 Å². The summed E-state index contributed by atoms with van der Waals surface area (Å²) in [4.78, 5) is 0. The lowest BCUT2D eigenvalue weighted by Crippen LogP contribution is -2.68. The van der Waals surface area contributed by atoms with Gasteiger partial charge >= 0.3 is 0 Å². The van der Waals surface area contributed by atoms with Crippen LogP contribution in [0.2, 0.25) is 0 Å². The highest BCUT2D eigenvalue weighted by Crippen LogP contribution is 2.39. The van der Waals surface area contributed by atoms with Gasteiger partial charge in [0.1, 0.15) is 171 Å². The Balaban J connectivity index is 0.00000882. The summed E-state index contributed by atoms with van der Waals surface area (Å²) in [5, 5.41) is 220. The third-order valence-electron chi connectivity index (χ3n) is 14.8. The zero-order valence-corrected chi connectivity index (χ0v) is 41.6. The van der Waals surface area contributed by atoms with Crippen molar-refractivity contribution in [3.05, 3.63) is 0 Å². The van der Waals surface area contributed by atoms with Gasteiger partial charge in [-0.15, -0.1) is 12.4 Å². The highest BCUT2D eigenvalue weighted by atomic mass is 35.5. The van der Waals surface area contributed by atoms with E-state index in [1.165, 1.54) is 0 Å². The van der Waals surface area contributed by atoms with E-state index in [1.54, 1.807) is 0 Å². The lowest BCUT2D eigenvalue weighted by molar-refractivity contribution is -0.396. The molecule has 21 aliphatic heterocycles. The molecule has 456 valence electrons. The highest BCUT2D eigenvalue weighted by molar-refractivity contribution is 5.85.